The third kappa shape index (κ3) is 3.77. The van der Waals surface area contributed by atoms with Gasteiger partial charge in [0, 0.05) is 13.1 Å². The molecule has 1 N–H and O–H groups in total. The molecule has 0 aliphatic heterocycles. The second kappa shape index (κ2) is 7.06. The Morgan fingerprint density at radius 1 is 1.17 bits per heavy atom. The van der Waals surface area contributed by atoms with Gasteiger partial charge >= 0.3 is 5.97 Å². The minimum absolute atomic E-state index is 0.0406. The van der Waals surface area contributed by atoms with E-state index < -0.39 is 32.5 Å². The van der Waals surface area contributed by atoms with Gasteiger partial charge in [0.2, 0.25) is 10.0 Å². The first-order valence-corrected chi connectivity index (χ1v) is 8.47. The molecule has 0 radical (unpaired) electrons. The summed E-state index contributed by atoms with van der Waals surface area (Å²) in [5.74, 6) is -3.00. The summed E-state index contributed by atoms with van der Waals surface area (Å²) in [6, 6.07) is 8.04. The lowest BCUT2D eigenvalue weighted by Crippen LogP contribution is -2.31. The molecule has 0 saturated carbocycles. The van der Waals surface area contributed by atoms with E-state index in [0.29, 0.717) is 11.6 Å². The highest BCUT2D eigenvalue weighted by atomic mass is 32.2. The van der Waals surface area contributed by atoms with Crippen LogP contribution in [0.3, 0.4) is 0 Å². The van der Waals surface area contributed by atoms with Gasteiger partial charge in [-0.3, -0.25) is 0 Å². The van der Waals surface area contributed by atoms with Gasteiger partial charge in [0.05, 0.1) is 5.56 Å². The molecule has 2 aromatic rings. The Kier molecular flexibility index (Phi) is 5.30. The maximum absolute atomic E-state index is 14.1. The van der Waals surface area contributed by atoms with Gasteiger partial charge in [0.25, 0.3) is 0 Å². The number of nitrogens with zero attached hydrogens (tertiary/aromatic N) is 1. The van der Waals surface area contributed by atoms with Crippen molar-refractivity contribution < 1.29 is 27.1 Å². The van der Waals surface area contributed by atoms with Crippen LogP contribution in [0.25, 0.3) is 0 Å². The summed E-state index contributed by atoms with van der Waals surface area (Å²) < 4.78 is 53.5. The number of carboxylic acids is 1. The zero-order valence-electron chi connectivity index (χ0n) is 12.7. The highest BCUT2D eigenvalue weighted by Crippen LogP contribution is 2.22. The first kappa shape index (κ1) is 18.0. The molecule has 2 rings (SSSR count). The van der Waals surface area contributed by atoms with E-state index in [1.54, 1.807) is 13.0 Å². The Hall–Kier alpha value is -2.32. The van der Waals surface area contributed by atoms with E-state index in [1.807, 2.05) is 0 Å². The zero-order valence-corrected chi connectivity index (χ0v) is 13.6. The number of benzene rings is 2. The van der Waals surface area contributed by atoms with Gasteiger partial charge in [-0.05, 0) is 35.9 Å². The van der Waals surface area contributed by atoms with Crippen molar-refractivity contribution >= 4 is 16.0 Å². The van der Waals surface area contributed by atoms with Crippen LogP contribution in [0.4, 0.5) is 8.78 Å². The Labute approximate surface area is 138 Å². The Morgan fingerprint density at radius 3 is 2.42 bits per heavy atom. The highest BCUT2D eigenvalue weighted by Gasteiger charge is 2.27. The van der Waals surface area contributed by atoms with Crippen molar-refractivity contribution in [3.05, 3.63) is 65.2 Å². The number of aromatic carboxylic acids is 1. The average Bonchev–Trinajstić information content (AvgIpc) is 2.52. The van der Waals surface area contributed by atoms with Gasteiger partial charge in [0.1, 0.15) is 16.5 Å². The van der Waals surface area contributed by atoms with Gasteiger partial charge in [0.15, 0.2) is 0 Å². The standard InChI is InChI=1S/C16H15F2NO4S/c1-2-19(10-11-4-3-5-13(17)8-11)24(22,23)15-7-6-12(16(20)21)9-14(15)18/h3-9H,2,10H2,1H3,(H,20,21). The quantitative estimate of drug-likeness (QED) is 0.865. The van der Waals surface area contributed by atoms with Crippen molar-refractivity contribution in [2.75, 3.05) is 6.54 Å². The molecule has 0 bridgehead atoms. The molecule has 0 aromatic heterocycles. The van der Waals surface area contributed by atoms with Crippen LogP contribution in [-0.4, -0.2) is 30.3 Å². The fourth-order valence-corrected chi connectivity index (χ4v) is 3.67. The van der Waals surface area contributed by atoms with Crippen molar-refractivity contribution in [1.82, 2.24) is 4.31 Å². The van der Waals surface area contributed by atoms with Gasteiger partial charge in [-0.25, -0.2) is 22.0 Å². The molecule has 0 aliphatic carbocycles. The monoisotopic (exact) mass is 355 g/mol. The van der Waals surface area contributed by atoms with Crippen molar-refractivity contribution in [2.45, 2.75) is 18.4 Å². The predicted molar refractivity (Wildman–Crippen MR) is 83.0 cm³/mol. The first-order chi connectivity index (χ1) is 11.3. The number of hydrogen-bond donors (Lipinski definition) is 1. The van der Waals surface area contributed by atoms with Crippen LogP contribution in [0.2, 0.25) is 0 Å². The third-order valence-corrected chi connectivity index (χ3v) is 5.35. The van der Waals surface area contributed by atoms with E-state index >= 15 is 0 Å². The van der Waals surface area contributed by atoms with Crippen LogP contribution in [0.1, 0.15) is 22.8 Å². The number of carbonyl (C=O) groups is 1. The smallest absolute Gasteiger partial charge is 0.335 e. The molecule has 0 aliphatic rings. The number of rotatable bonds is 6. The predicted octanol–water partition coefficient (Wildman–Crippen LogP) is 2.87. The van der Waals surface area contributed by atoms with Gasteiger partial charge in [-0.15, -0.1) is 0 Å². The van der Waals surface area contributed by atoms with Crippen molar-refractivity contribution in [2.24, 2.45) is 0 Å². The van der Waals surface area contributed by atoms with Crippen LogP contribution in [0.5, 0.6) is 0 Å². The van der Waals surface area contributed by atoms with Crippen molar-refractivity contribution in [3.8, 4) is 0 Å². The maximum Gasteiger partial charge on any atom is 0.335 e. The number of sulfonamides is 1. The van der Waals surface area contributed by atoms with E-state index in [1.165, 1.54) is 18.2 Å². The summed E-state index contributed by atoms with van der Waals surface area (Å²) in [7, 11) is -4.19. The van der Waals surface area contributed by atoms with Crippen LogP contribution in [0.15, 0.2) is 47.4 Å². The molecular weight excluding hydrogens is 340 g/mol. The van der Waals surface area contributed by atoms with E-state index in [-0.39, 0.29) is 18.7 Å². The molecule has 5 nitrogen and oxygen atoms in total. The minimum Gasteiger partial charge on any atom is -0.478 e. The topological polar surface area (TPSA) is 74.7 Å². The van der Waals surface area contributed by atoms with Crippen LogP contribution < -0.4 is 0 Å². The Bertz CT molecular complexity index is 868. The fourth-order valence-electron chi connectivity index (χ4n) is 2.19. The molecule has 0 amide bonds. The van der Waals surface area contributed by atoms with Crippen LogP contribution in [0, 0.1) is 11.6 Å². The molecule has 2 aromatic carbocycles. The van der Waals surface area contributed by atoms with E-state index in [4.69, 9.17) is 5.11 Å². The molecule has 0 spiro atoms. The van der Waals surface area contributed by atoms with E-state index in [9.17, 15) is 22.0 Å². The summed E-state index contributed by atoms with van der Waals surface area (Å²) in [4.78, 5) is 10.2. The second-order valence-electron chi connectivity index (χ2n) is 5.01. The van der Waals surface area contributed by atoms with Crippen molar-refractivity contribution in [1.29, 1.82) is 0 Å². The van der Waals surface area contributed by atoms with E-state index in [0.717, 1.165) is 16.4 Å². The summed E-state index contributed by atoms with van der Waals surface area (Å²) >= 11 is 0. The lowest BCUT2D eigenvalue weighted by molar-refractivity contribution is 0.0696. The molecule has 0 unspecified atom stereocenters. The lowest BCUT2D eigenvalue weighted by atomic mass is 10.2. The number of carboxylic acid groups (broad SMARTS) is 1. The summed E-state index contributed by atoms with van der Waals surface area (Å²) in [6.07, 6.45) is 0. The van der Waals surface area contributed by atoms with Gasteiger partial charge < -0.3 is 5.11 Å². The zero-order chi connectivity index (χ0) is 17.9. The Morgan fingerprint density at radius 2 is 1.88 bits per heavy atom. The summed E-state index contributed by atoms with van der Waals surface area (Å²) in [6.45, 7) is 1.48. The SMILES string of the molecule is CCN(Cc1cccc(F)c1)S(=O)(=O)c1ccc(C(=O)O)cc1F. The van der Waals surface area contributed by atoms with Crippen LogP contribution in [-0.2, 0) is 16.6 Å². The molecule has 0 heterocycles. The maximum atomic E-state index is 14.1. The van der Waals surface area contributed by atoms with Gasteiger partial charge in [-0.2, -0.15) is 4.31 Å². The molecule has 0 saturated heterocycles. The van der Waals surface area contributed by atoms with Crippen LogP contribution >= 0.6 is 0 Å². The largest absolute Gasteiger partial charge is 0.478 e. The fraction of sp³-hybridized carbons (Fsp3) is 0.188. The molecule has 8 heteroatoms. The molecular formula is C16H15F2NO4S. The number of hydrogen-bond acceptors (Lipinski definition) is 3. The first-order valence-electron chi connectivity index (χ1n) is 7.03. The minimum atomic E-state index is -4.19. The van der Waals surface area contributed by atoms with E-state index in [2.05, 4.69) is 0 Å². The Balaban J connectivity index is 2.38. The number of halogens is 2. The third-order valence-electron chi connectivity index (χ3n) is 3.40. The molecule has 0 atom stereocenters. The molecule has 24 heavy (non-hydrogen) atoms. The molecule has 128 valence electrons. The second-order valence-corrected chi connectivity index (χ2v) is 6.92. The highest BCUT2D eigenvalue weighted by molar-refractivity contribution is 7.89. The normalized spacial score (nSPS) is 11.7. The summed E-state index contributed by atoms with van der Waals surface area (Å²) in [5.41, 5.74) is 0.0719. The van der Waals surface area contributed by atoms with Crippen molar-refractivity contribution in [3.63, 3.8) is 0 Å². The average molecular weight is 355 g/mol. The summed E-state index contributed by atoms with van der Waals surface area (Å²) in [5, 5.41) is 8.82. The lowest BCUT2D eigenvalue weighted by Gasteiger charge is -2.21. The van der Waals surface area contributed by atoms with Gasteiger partial charge in [-0.1, -0.05) is 19.1 Å². The molecule has 0 fully saturated rings.